The molecule has 1 amide bonds. The summed E-state index contributed by atoms with van der Waals surface area (Å²) in [5.41, 5.74) is 1.25. The molecule has 4 rings (SSSR count). The van der Waals surface area contributed by atoms with Gasteiger partial charge >= 0.3 is 0 Å². The number of rotatable bonds is 6. The van der Waals surface area contributed by atoms with Gasteiger partial charge in [0.05, 0.1) is 11.7 Å². The van der Waals surface area contributed by atoms with Gasteiger partial charge in [-0.3, -0.25) is 14.7 Å². The van der Waals surface area contributed by atoms with Gasteiger partial charge < -0.3 is 5.32 Å². The lowest BCUT2D eigenvalue weighted by atomic mass is 9.88. The fourth-order valence-corrected chi connectivity index (χ4v) is 4.27. The van der Waals surface area contributed by atoms with Gasteiger partial charge in [-0.25, -0.2) is 13.2 Å². The molecule has 2 atom stereocenters. The molecule has 1 aromatic heterocycles. The summed E-state index contributed by atoms with van der Waals surface area (Å²) >= 11 is 0. The third-order valence-corrected chi connectivity index (χ3v) is 5.82. The first-order valence-corrected chi connectivity index (χ1v) is 10.6. The molecule has 0 bridgehead atoms. The molecule has 0 radical (unpaired) electrons. The molecule has 2 heterocycles. The molecular formula is C25H24F3N3O. The van der Waals surface area contributed by atoms with E-state index in [0.29, 0.717) is 17.8 Å². The number of nitrogens with one attached hydrogen (secondary N) is 1. The highest BCUT2D eigenvalue weighted by Crippen LogP contribution is 2.30. The Labute approximate surface area is 185 Å². The van der Waals surface area contributed by atoms with E-state index < -0.39 is 23.5 Å². The van der Waals surface area contributed by atoms with E-state index in [9.17, 15) is 18.0 Å². The molecule has 32 heavy (non-hydrogen) atoms. The van der Waals surface area contributed by atoms with Crippen LogP contribution in [0.1, 0.15) is 40.5 Å². The molecule has 7 heteroatoms. The zero-order valence-electron chi connectivity index (χ0n) is 17.5. The van der Waals surface area contributed by atoms with Gasteiger partial charge in [-0.15, -0.1) is 0 Å². The van der Waals surface area contributed by atoms with Crippen LogP contribution in [0, 0.1) is 23.4 Å². The second kappa shape index (κ2) is 9.96. The number of halogens is 3. The first kappa shape index (κ1) is 22.0. The average molecular weight is 439 g/mol. The van der Waals surface area contributed by atoms with Crippen molar-refractivity contribution in [3.8, 4) is 0 Å². The topological polar surface area (TPSA) is 45.2 Å². The summed E-state index contributed by atoms with van der Waals surface area (Å²) in [4.78, 5) is 19.4. The Morgan fingerprint density at radius 3 is 2.72 bits per heavy atom. The van der Waals surface area contributed by atoms with Crippen LogP contribution in [0.2, 0.25) is 0 Å². The Morgan fingerprint density at radius 2 is 1.94 bits per heavy atom. The summed E-state index contributed by atoms with van der Waals surface area (Å²) in [5.74, 6) is -2.53. The Bertz CT molecular complexity index is 1080. The number of carbonyl (C=O) groups excluding carboxylic acids is 1. The van der Waals surface area contributed by atoms with Gasteiger partial charge in [-0.1, -0.05) is 24.3 Å². The largest absolute Gasteiger partial charge is 0.343 e. The van der Waals surface area contributed by atoms with Crippen molar-refractivity contribution >= 4 is 5.91 Å². The van der Waals surface area contributed by atoms with Crippen LogP contribution >= 0.6 is 0 Å². The molecule has 2 aromatic carbocycles. The van der Waals surface area contributed by atoms with E-state index in [4.69, 9.17) is 0 Å². The molecule has 1 N–H and O–H groups in total. The lowest BCUT2D eigenvalue weighted by Gasteiger charge is -2.37. The first-order valence-electron chi connectivity index (χ1n) is 10.6. The van der Waals surface area contributed by atoms with Crippen molar-refractivity contribution < 1.29 is 18.0 Å². The highest BCUT2D eigenvalue weighted by molar-refractivity contribution is 5.94. The van der Waals surface area contributed by atoms with Crippen molar-refractivity contribution in [3.05, 3.63) is 101 Å². The fraction of sp³-hybridized carbons (Fsp3) is 0.280. The zero-order valence-corrected chi connectivity index (χ0v) is 17.5. The van der Waals surface area contributed by atoms with Gasteiger partial charge in [-0.05, 0) is 61.7 Å². The smallest absolute Gasteiger partial charge is 0.251 e. The normalized spacial score (nSPS) is 17.7. The summed E-state index contributed by atoms with van der Waals surface area (Å²) in [6.07, 6.45) is 3.35. The Hall–Kier alpha value is -3.19. The minimum Gasteiger partial charge on any atom is -0.343 e. The molecule has 3 aromatic rings. The maximum atomic E-state index is 14.2. The molecule has 0 saturated carbocycles. The molecule has 1 aliphatic rings. The van der Waals surface area contributed by atoms with Crippen LogP contribution in [0.15, 0.2) is 66.9 Å². The van der Waals surface area contributed by atoms with Gasteiger partial charge in [0.2, 0.25) is 0 Å². The van der Waals surface area contributed by atoms with E-state index in [-0.39, 0.29) is 23.9 Å². The highest BCUT2D eigenvalue weighted by atomic mass is 19.2. The third-order valence-electron chi connectivity index (χ3n) is 5.82. The van der Waals surface area contributed by atoms with E-state index in [1.54, 1.807) is 24.4 Å². The van der Waals surface area contributed by atoms with Crippen molar-refractivity contribution in [2.24, 2.45) is 5.92 Å². The summed E-state index contributed by atoms with van der Waals surface area (Å²) in [6, 6.07) is 14.9. The van der Waals surface area contributed by atoms with Crippen LogP contribution < -0.4 is 5.32 Å². The monoisotopic (exact) mass is 439 g/mol. The lowest BCUT2D eigenvalue weighted by Crippen LogP contribution is -2.43. The second-order valence-corrected chi connectivity index (χ2v) is 8.07. The van der Waals surface area contributed by atoms with Gasteiger partial charge in [0, 0.05) is 30.4 Å². The summed E-state index contributed by atoms with van der Waals surface area (Å²) in [6.45, 7) is 1.62. The highest BCUT2D eigenvalue weighted by Gasteiger charge is 2.31. The molecule has 1 aliphatic heterocycles. The Balaban J connectivity index is 1.54. The van der Waals surface area contributed by atoms with E-state index in [1.165, 1.54) is 24.3 Å². The molecular weight excluding hydrogens is 415 g/mol. The summed E-state index contributed by atoms with van der Waals surface area (Å²) < 4.78 is 41.4. The minimum atomic E-state index is -0.857. The van der Waals surface area contributed by atoms with Crippen LogP contribution in [-0.2, 0) is 6.54 Å². The predicted octanol–water partition coefficient (Wildman–Crippen LogP) is 4.88. The van der Waals surface area contributed by atoms with Gasteiger partial charge in [0.15, 0.2) is 11.6 Å². The number of benzene rings is 2. The first-order chi connectivity index (χ1) is 15.5. The van der Waals surface area contributed by atoms with Crippen molar-refractivity contribution in [2.45, 2.75) is 25.4 Å². The van der Waals surface area contributed by atoms with Gasteiger partial charge in [0.1, 0.15) is 5.82 Å². The van der Waals surface area contributed by atoms with Crippen molar-refractivity contribution in [1.82, 2.24) is 15.2 Å². The second-order valence-electron chi connectivity index (χ2n) is 8.07. The van der Waals surface area contributed by atoms with E-state index in [2.05, 4.69) is 15.2 Å². The van der Waals surface area contributed by atoms with Crippen LogP contribution in [0.4, 0.5) is 13.2 Å². The lowest BCUT2D eigenvalue weighted by molar-refractivity contribution is 0.0873. The number of nitrogens with zero attached hydrogens (tertiary/aromatic N) is 2. The molecule has 1 saturated heterocycles. The van der Waals surface area contributed by atoms with Crippen LogP contribution in [0.5, 0.6) is 0 Å². The number of likely N-dealkylation sites (tertiary alicyclic amines) is 1. The maximum Gasteiger partial charge on any atom is 0.251 e. The number of hydrogen-bond donors (Lipinski definition) is 1. The quantitative estimate of drug-likeness (QED) is 0.595. The zero-order chi connectivity index (χ0) is 22.5. The molecule has 4 nitrogen and oxygen atoms in total. The van der Waals surface area contributed by atoms with Crippen molar-refractivity contribution in [3.63, 3.8) is 0 Å². The number of hydrogen-bond acceptors (Lipinski definition) is 3. The average Bonchev–Trinajstić information content (AvgIpc) is 2.81. The van der Waals surface area contributed by atoms with E-state index in [0.717, 1.165) is 25.5 Å². The van der Waals surface area contributed by atoms with Crippen LogP contribution in [0.25, 0.3) is 0 Å². The third kappa shape index (κ3) is 5.16. The number of pyridine rings is 1. The molecule has 166 valence electrons. The fourth-order valence-electron chi connectivity index (χ4n) is 4.27. The summed E-state index contributed by atoms with van der Waals surface area (Å²) in [7, 11) is 0. The minimum absolute atomic E-state index is 0.00720. The van der Waals surface area contributed by atoms with E-state index >= 15 is 0 Å². The Morgan fingerprint density at radius 1 is 1.09 bits per heavy atom. The number of piperidine rings is 1. The summed E-state index contributed by atoms with van der Waals surface area (Å²) in [5, 5.41) is 3.02. The Kier molecular flexibility index (Phi) is 6.85. The van der Waals surface area contributed by atoms with Gasteiger partial charge in [0.25, 0.3) is 5.91 Å². The number of amides is 1. The van der Waals surface area contributed by atoms with Crippen LogP contribution in [0.3, 0.4) is 0 Å². The number of aromatic nitrogens is 1. The predicted molar refractivity (Wildman–Crippen MR) is 115 cm³/mol. The van der Waals surface area contributed by atoms with Crippen molar-refractivity contribution in [2.75, 3.05) is 13.1 Å². The molecule has 1 fully saturated rings. The van der Waals surface area contributed by atoms with Crippen molar-refractivity contribution in [1.29, 1.82) is 0 Å². The van der Waals surface area contributed by atoms with Gasteiger partial charge in [-0.2, -0.15) is 0 Å². The number of carbonyl (C=O) groups is 1. The maximum absolute atomic E-state index is 14.2. The molecule has 0 spiro atoms. The molecule has 0 unspecified atom stereocenters. The van der Waals surface area contributed by atoms with E-state index in [1.807, 2.05) is 12.1 Å². The SMILES string of the molecule is O=C(N[C@@H](c1ccccn1)[C@H]1CCCN(Cc2cccc(F)c2F)C1)c1cccc(F)c1. The standard InChI is InChI=1S/C25H24F3N3O/c26-20-9-3-6-17(14-20)25(32)30-24(22-11-1-2-12-29-22)19-8-5-13-31(16-19)15-18-7-4-10-21(27)23(18)28/h1-4,6-7,9-12,14,19,24H,5,8,13,15-16H2,(H,30,32)/t19-,24+/m0/s1. The molecule has 0 aliphatic carbocycles. The van der Waals surface area contributed by atoms with Crippen LogP contribution in [-0.4, -0.2) is 28.9 Å².